The van der Waals surface area contributed by atoms with E-state index >= 15 is 0 Å². The Morgan fingerprint density at radius 3 is 2.47 bits per heavy atom. The predicted octanol–water partition coefficient (Wildman–Crippen LogP) is 1.26. The molecule has 0 aromatic heterocycles. The number of nitrogens with one attached hydrogen (secondary N) is 1. The summed E-state index contributed by atoms with van der Waals surface area (Å²) < 4.78 is 9.76. The molecule has 0 radical (unpaired) electrons. The van der Waals surface area contributed by atoms with E-state index in [0.717, 1.165) is 12.8 Å². The zero-order valence-electron chi connectivity index (χ0n) is 11.0. The van der Waals surface area contributed by atoms with Crippen molar-refractivity contribution in [1.29, 1.82) is 0 Å². The fourth-order valence-corrected chi connectivity index (χ4v) is 1.50. The monoisotopic (exact) mass is 245 g/mol. The Bertz CT molecular complexity index is 225. The van der Waals surface area contributed by atoms with Crippen LogP contribution >= 0.6 is 0 Å². The van der Waals surface area contributed by atoms with Gasteiger partial charge >= 0.3 is 5.97 Å². The molecule has 0 bridgehead atoms. The summed E-state index contributed by atoms with van der Waals surface area (Å²) in [5.74, 6) is -0.463. The van der Waals surface area contributed by atoms with Gasteiger partial charge in [-0.25, -0.2) is 0 Å². The van der Waals surface area contributed by atoms with Gasteiger partial charge in [0.1, 0.15) is 0 Å². The van der Waals surface area contributed by atoms with Gasteiger partial charge in [0.05, 0.1) is 25.7 Å². The van der Waals surface area contributed by atoms with Crippen molar-refractivity contribution in [3.8, 4) is 0 Å². The Labute approximate surface area is 103 Å². The lowest BCUT2D eigenvalue weighted by Gasteiger charge is -2.16. The summed E-state index contributed by atoms with van der Waals surface area (Å²) in [6, 6.07) is 0.0275. The van der Waals surface area contributed by atoms with Gasteiger partial charge in [-0.1, -0.05) is 13.3 Å². The molecule has 17 heavy (non-hydrogen) atoms. The normalized spacial score (nSPS) is 11.9. The molecule has 100 valence electrons. The maximum Gasteiger partial charge on any atom is 0.306 e. The van der Waals surface area contributed by atoms with E-state index in [9.17, 15) is 9.59 Å². The Morgan fingerprint density at radius 2 is 1.94 bits per heavy atom. The molecule has 0 rings (SSSR count). The van der Waals surface area contributed by atoms with Gasteiger partial charge in [0.25, 0.3) is 0 Å². The maximum atomic E-state index is 11.5. The van der Waals surface area contributed by atoms with E-state index in [4.69, 9.17) is 9.47 Å². The molecule has 1 amide bonds. The molecule has 0 heterocycles. The molecule has 1 N–H and O–H groups in total. The van der Waals surface area contributed by atoms with Crippen LogP contribution in [0.3, 0.4) is 0 Å². The SMILES string of the molecule is CCCC(COC)NC(=O)CCC(=O)OCC. The Morgan fingerprint density at radius 1 is 1.24 bits per heavy atom. The van der Waals surface area contributed by atoms with E-state index in [1.54, 1.807) is 14.0 Å². The van der Waals surface area contributed by atoms with Crippen molar-refractivity contribution in [2.75, 3.05) is 20.3 Å². The standard InChI is InChI=1S/C12H23NO4/c1-4-6-10(9-16-3)13-11(14)7-8-12(15)17-5-2/h10H,4-9H2,1-3H3,(H,13,14). The minimum atomic E-state index is -0.332. The fourth-order valence-electron chi connectivity index (χ4n) is 1.50. The first-order chi connectivity index (χ1) is 8.13. The van der Waals surface area contributed by atoms with Gasteiger partial charge in [-0.15, -0.1) is 0 Å². The third-order valence-electron chi connectivity index (χ3n) is 2.23. The number of amides is 1. The van der Waals surface area contributed by atoms with Crippen molar-refractivity contribution in [1.82, 2.24) is 5.32 Å². The molecule has 1 atom stereocenters. The van der Waals surface area contributed by atoms with Crippen LogP contribution in [0.4, 0.5) is 0 Å². The minimum absolute atomic E-state index is 0.0275. The molecule has 0 fully saturated rings. The number of rotatable bonds is 9. The number of hydrogen-bond acceptors (Lipinski definition) is 4. The summed E-state index contributed by atoms with van der Waals surface area (Å²) in [7, 11) is 1.60. The van der Waals surface area contributed by atoms with Crippen LogP contribution in [0.15, 0.2) is 0 Å². The van der Waals surface area contributed by atoms with Crippen molar-refractivity contribution in [2.45, 2.75) is 45.6 Å². The van der Waals surface area contributed by atoms with Crippen molar-refractivity contribution in [3.05, 3.63) is 0 Å². The molecule has 0 aromatic rings. The van der Waals surface area contributed by atoms with Gasteiger partial charge in [0.15, 0.2) is 0 Å². The van der Waals surface area contributed by atoms with E-state index < -0.39 is 0 Å². The predicted molar refractivity (Wildman–Crippen MR) is 64.6 cm³/mol. The molecule has 5 heteroatoms. The van der Waals surface area contributed by atoms with Crippen molar-refractivity contribution < 1.29 is 19.1 Å². The third kappa shape index (κ3) is 8.68. The first-order valence-corrected chi connectivity index (χ1v) is 6.07. The van der Waals surface area contributed by atoms with E-state index in [2.05, 4.69) is 5.32 Å². The van der Waals surface area contributed by atoms with Crippen LogP contribution in [-0.2, 0) is 19.1 Å². The van der Waals surface area contributed by atoms with Crippen LogP contribution in [0.5, 0.6) is 0 Å². The van der Waals surface area contributed by atoms with Crippen LogP contribution in [0, 0.1) is 0 Å². The number of ether oxygens (including phenoxy) is 2. The van der Waals surface area contributed by atoms with Crippen LogP contribution < -0.4 is 5.32 Å². The van der Waals surface area contributed by atoms with E-state index in [0.29, 0.717) is 13.2 Å². The highest BCUT2D eigenvalue weighted by Crippen LogP contribution is 1.99. The second-order valence-electron chi connectivity index (χ2n) is 3.81. The van der Waals surface area contributed by atoms with Crippen LogP contribution in [0.2, 0.25) is 0 Å². The summed E-state index contributed by atoms with van der Waals surface area (Å²) in [5, 5.41) is 2.84. The molecule has 0 aliphatic carbocycles. The Hall–Kier alpha value is -1.10. The lowest BCUT2D eigenvalue weighted by molar-refractivity contribution is -0.144. The van der Waals surface area contributed by atoms with Crippen LogP contribution in [-0.4, -0.2) is 38.2 Å². The number of hydrogen-bond donors (Lipinski definition) is 1. The summed E-state index contributed by atoms with van der Waals surface area (Å²) in [6.07, 6.45) is 2.15. The molecule has 0 saturated carbocycles. The van der Waals surface area contributed by atoms with E-state index in [1.165, 1.54) is 0 Å². The third-order valence-corrected chi connectivity index (χ3v) is 2.23. The minimum Gasteiger partial charge on any atom is -0.466 e. The Balaban J connectivity index is 3.84. The number of methoxy groups -OCH3 is 1. The molecule has 0 spiro atoms. The summed E-state index contributed by atoms with van der Waals surface area (Å²) in [4.78, 5) is 22.6. The van der Waals surface area contributed by atoms with Crippen molar-refractivity contribution in [2.24, 2.45) is 0 Å². The average molecular weight is 245 g/mol. The molecule has 0 aliphatic rings. The van der Waals surface area contributed by atoms with Gasteiger partial charge in [0, 0.05) is 13.5 Å². The fraction of sp³-hybridized carbons (Fsp3) is 0.833. The van der Waals surface area contributed by atoms with E-state index in [1.807, 2.05) is 6.92 Å². The molecule has 0 aromatic carbocycles. The topological polar surface area (TPSA) is 64.6 Å². The lowest BCUT2D eigenvalue weighted by Crippen LogP contribution is -2.38. The Kier molecular flexibility index (Phi) is 9.43. The first-order valence-electron chi connectivity index (χ1n) is 6.07. The molecule has 0 saturated heterocycles. The van der Waals surface area contributed by atoms with Crippen LogP contribution in [0.25, 0.3) is 0 Å². The first kappa shape index (κ1) is 15.9. The quantitative estimate of drug-likeness (QED) is 0.621. The highest BCUT2D eigenvalue weighted by Gasteiger charge is 2.12. The second kappa shape index (κ2) is 10.1. The zero-order valence-corrected chi connectivity index (χ0v) is 11.0. The summed E-state index contributed by atoms with van der Waals surface area (Å²) in [6.45, 7) is 4.64. The highest BCUT2D eigenvalue weighted by atomic mass is 16.5. The molecule has 0 aliphatic heterocycles. The van der Waals surface area contributed by atoms with Crippen molar-refractivity contribution in [3.63, 3.8) is 0 Å². The van der Waals surface area contributed by atoms with Gasteiger partial charge in [-0.3, -0.25) is 9.59 Å². The van der Waals surface area contributed by atoms with Crippen LogP contribution in [0.1, 0.15) is 39.5 Å². The smallest absolute Gasteiger partial charge is 0.306 e. The van der Waals surface area contributed by atoms with E-state index in [-0.39, 0.29) is 30.8 Å². The van der Waals surface area contributed by atoms with Gasteiger partial charge in [0.2, 0.25) is 5.91 Å². The van der Waals surface area contributed by atoms with Gasteiger partial charge < -0.3 is 14.8 Å². The largest absolute Gasteiger partial charge is 0.466 e. The molecule has 5 nitrogen and oxygen atoms in total. The van der Waals surface area contributed by atoms with Gasteiger partial charge in [-0.2, -0.15) is 0 Å². The zero-order chi connectivity index (χ0) is 13.1. The second-order valence-corrected chi connectivity index (χ2v) is 3.81. The maximum absolute atomic E-state index is 11.5. The lowest BCUT2D eigenvalue weighted by atomic mass is 10.1. The summed E-state index contributed by atoms with van der Waals surface area (Å²) >= 11 is 0. The van der Waals surface area contributed by atoms with Crippen molar-refractivity contribution >= 4 is 11.9 Å². The number of carbonyl (C=O) groups is 2. The highest BCUT2D eigenvalue weighted by molar-refractivity contribution is 5.81. The molecule has 1 unspecified atom stereocenters. The molecular formula is C12H23NO4. The average Bonchev–Trinajstić information content (AvgIpc) is 2.27. The summed E-state index contributed by atoms with van der Waals surface area (Å²) in [5.41, 5.74) is 0. The number of esters is 1. The molecular weight excluding hydrogens is 222 g/mol. The van der Waals surface area contributed by atoms with Gasteiger partial charge in [-0.05, 0) is 13.3 Å². The number of carbonyl (C=O) groups excluding carboxylic acids is 2.